The number of carbonyl (C=O) groups is 1. The Kier molecular flexibility index (Phi) is 5.48. The molecule has 0 bridgehead atoms. The van der Waals surface area contributed by atoms with Crippen LogP contribution in [-0.2, 0) is 4.79 Å². The van der Waals surface area contributed by atoms with Gasteiger partial charge < -0.3 is 5.32 Å². The lowest BCUT2D eigenvalue weighted by atomic mass is 9.99. The van der Waals surface area contributed by atoms with Crippen molar-refractivity contribution in [1.29, 1.82) is 0 Å². The molecule has 0 saturated carbocycles. The van der Waals surface area contributed by atoms with Crippen molar-refractivity contribution in [3.05, 3.63) is 71.6 Å². The van der Waals surface area contributed by atoms with Gasteiger partial charge in [-0.15, -0.1) is 0 Å². The number of carbonyl (C=O) groups excluding carboxylic acids is 1. The van der Waals surface area contributed by atoms with Crippen molar-refractivity contribution >= 4 is 17.7 Å². The Morgan fingerprint density at radius 1 is 1.14 bits per heavy atom. The first-order valence-corrected chi connectivity index (χ1v) is 7.43. The predicted octanol–water partition coefficient (Wildman–Crippen LogP) is 4.99. The Labute approximate surface area is 130 Å². The molecule has 3 heteroatoms. The lowest BCUT2D eigenvalue weighted by Gasteiger charge is -2.09. The van der Waals surface area contributed by atoms with Gasteiger partial charge in [-0.05, 0) is 53.8 Å². The maximum atomic E-state index is 12.8. The van der Waals surface area contributed by atoms with Crippen molar-refractivity contribution in [1.82, 2.24) is 0 Å². The molecule has 0 aliphatic carbocycles. The van der Waals surface area contributed by atoms with Gasteiger partial charge in [-0.1, -0.05) is 38.1 Å². The molecule has 0 radical (unpaired) electrons. The molecule has 0 unspecified atom stereocenters. The normalized spacial score (nSPS) is 12.3. The second-order valence-electron chi connectivity index (χ2n) is 5.31. The van der Waals surface area contributed by atoms with Gasteiger partial charge in [-0.25, -0.2) is 4.39 Å². The van der Waals surface area contributed by atoms with Crippen LogP contribution in [0.25, 0.3) is 6.08 Å². The number of halogens is 1. The molecule has 0 aliphatic rings. The molecule has 1 amide bonds. The number of benzene rings is 2. The summed E-state index contributed by atoms with van der Waals surface area (Å²) in [6.07, 6.45) is 4.18. The molecule has 1 N–H and O–H groups in total. The fraction of sp³-hybridized carbons (Fsp3) is 0.211. The fourth-order valence-corrected chi connectivity index (χ4v) is 2.06. The SMILES string of the molecule is CC[C@@H](C)c1ccc(NC(=O)/C=C\c2ccc(F)cc2)cc1. The highest BCUT2D eigenvalue weighted by molar-refractivity contribution is 6.01. The minimum atomic E-state index is -0.289. The maximum Gasteiger partial charge on any atom is 0.248 e. The summed E-state index contributed by atoms with van der Waals surface area (Å²) in [5.41, 5.74) is 2.81. The van der Waals surface area contributed by atoms with E-state index in [1.54, 1.807) is 18.2 Å². The zero-order chi connectivity index (χ0) is 15.9. The molecule has 2 aromatic rings. The molecule has 0 saturated heterocycles. The number of hydrogen-bond donors (Lipinski definition) is 1. The third kappa shape index (κ3) is 4.55. The topological polar surface area (TPSA) is 29.1 Å². The molecule has 0 aromatic heterocycles. The Morgan fingerprint density at radius 3 is 2.36 bits per heavy atom. The van der Waals surface area contributed by atoms with E-state index < -0.39 is 0 Å². The molecule has 0 aliphatic heterocycles. The van der Waals surface area contributed by atoms with Crippen LogP contribution in [-0.4, -0.2) is 5.91 Å². The number of anilines is 1. The van der Waals surface area contributed by atoms with E-state index in [0.717, 1.165) is 17.7 Å². The summed E-state index contributed by atoms with van der Waals surface area (Å²) in [7, 11) is 0. The number of amides is 1. The minimum Gasteiger partial charge on any atom is -0.323 e. The largest absolute Gasteiger partial charge is 0.323 e. The molecule has 0 spiro atoms. The Hall–Kier alpha value is -2.42. The lowest BCUT2D eigenvalue weighted by Crippen LogP contribution is -2.07. The number of nitrogens with one attached hydrogen (secondary N) is 1. The molecule has 0 fully saturated rings. The van der Waals surface area contributed by atoms with Crippen LogP contribution >= 0.6 is 0 Å². The van der Waals surface area contributed by atoms with Gasteiger partial charge in [0.1, 0.15) is 5.82 Å². The smallest absolute Gasteiger partial charge is 0.248 e. The van der Waals surface area contributed by atoms with Crippen LogP contribution in [0.2, 0.25) is 0 Å². The summed E-state index contributed by atoms with van der Waals surface area (Å²) < 4.78 is 12.8. The first-order valence-electron chi connectivity index (χ1n) is 7.43. The molecule has 0 heterocycles. The van der Waals surface area contributed by atoms with Crippen LogP contribution in [0, 0.1) is 5.82 Å². The van der Waals surface area contributed by atoms with E-state index in [0.29, 0.717) is 5.92 Å². The molecule has 2 rings (SSSR count). The molecular weight excluding hydrogens is 277 g/mol. The van der Waals surface area contributed by atoms with Crippen molar-refractivity contribution in [2.24, 2.45) is 0 Å². The summed E-state index contributed by atoms with van der Waals surface area (Å²) in [6, 6.07) is 13.9. The van der Waals surface area contributed by atoms with E-state index in [4.69, 9.17) is 0 Å². The average Bonchev–Trinajstić information content (AvgIpc) is 2.54. The molecule has 22 heavy (non-hydrogen) atoms. The number of rotatable bonds is 5. The second-order valence-corrected chi connectivity index (χ2v) is 5.31. The van der Waals surface area contributed by atoms with Gasteiger partial charge in [0.25, 0.3) is 0 Å². The summed E-state index contributed by atoms with van der Waals surface area (Å²) in [6.45, 7) is 4.33. The van der Waals surface area contributed by atoms with Crippen LogP contribution in [0.15, 0.2) is 54.6 Å². The first kappa shape index (κ1) is 16.0. The quantitative estimate of drug-likeness (QED) is 0.774. The van der Waals surface area contributed by atoms with Gasteiger partial charge >= 0.3 is 0 Å². The second kappa shape index (κ2) is 7.55. The molecule has 2 nitrogen and oxygen atoms in total. The van der Waals surface area contributed by atoms with E-state index >= 15 is 0 Å². The molecular formula is C19H20FNO. The molecule has 2 aromatic carbocycles. The van der Waals surface area contributed by atoms with E-state index in [1.807, 2.05) is 24.3 Å². The number of hydrogen-bond acceptors (Lipinski definition) is 1. The van der Waals surface area contributed by atoms with E-state index in [1.165, 1.54) is 23.8 Å². The fourth-order valence-electron chi connectivity index (χ4n) is 2.06. The maximum absolute atomic E-state index is 12.8. The monoisotopic (exact) mass is 297 g/mol. The van der Waals surface area contributed by atoms with E-state index in [9.17, 15) is 9.18 Å². The van der Waals surface area contributed by atoms with Crippen molar-refractivity contribution in [2.45, 2.75) is 26.2 Å². The van der Waals surface area contributed by atoms with Gasteiger partial charge in [0.05, 0.1) is 0 Å². The summed E-state index contributed by atoms with van der Waals surface area (Å²) in [4.78, 5) is 11.9. The average molecular weight is 297 g/mol. The van der Waals surface area contributed by atoms with E-state index in [2.05, 4.69) is 19.2 Å². The van der Waals surface area contributed by atoms with Crippen molar-refractivity contribution in [2.75, 3.05) is 5.32 Å². The summed E-state index contributed by atoms with van der Waals surface area (Å²) in [5.74, 6) is 0.0201. The zero-order valence-electron chi connectivity index (χ0n) is 12.8. The third-order valence-electron chi connectivity index (χ3n) is 3.66. The Morgan fingerprint density at radius 2 is 1.77 bits per heavy atom. The molecule has 114 valence electrons. The highest BCUT2D eigenvalue weighted by Crippen LogP contribution is 2.20. The van der Waals surface area contributed by atoms with E-state index in [-0.39, 0.29) is 11.7 Å². The lowest BCUT2D eigenvalue weighted by molar-refractivity contribution is -0.111. The Balaban J connectivity index is 1.95. The van der Waals surface area contributed by atoms with Gasteiger partial charge in [-0.3, -0.25) is 4.79 Å². The Bertz CT molecular complexity index is 644. The highest BCUT2D eigenvalue weighted by atomic mass is 19.1. The first-order chi connectivity index (χ1) is 10.6. The molecule has 1 atom stereocenters. The van der Waals surface area contributed by atoms with Crippen molar-refractivity contribution in [3.63, 3.8) is 0 Å². The van der Waals surface area contributed by atoms with Crippen LogP contribution < -0.4 is 5.32 Å². The highest BCUT2D eigenvalue weighted by Gasteiger charge is 2.03. The minimum absolute atomic E-state index is 0.208. The summed E-state index contributed by atoms with van der Waals surface area (Å²) >= 11 is 0. The third-order valence-corrected chi connectivity index (χ3v) is 3.66. The van der Waals surface area contributed by atoms with Gasteiger partial charge in [-0.2, -0.15) is 0 Å². The van der Waals surface area contributed by atoms with Crippen molar-refractivity contribution < 1.29 is 9.18 Å². The predicted molar refractivity (Wildman–Crippen MR) is 89.2 cm³/mol. The van der Waals surface area contributed by atoms with Gasteiger partial charge in [0.2, 0.25) is 5.91 Å². The van der Waals surface area contributed by atoms with Crippen LogP contribution in [0.1, 0.15) is 37.3 Å². The van der Waals surface area contributed by atoms with Crippen LogP contribution in [0.4, 0.5) is 10.1 Å². The van der Waals surface area contributed by atoms with Crippen LogP contribution in [0.5, 0.6) is 0 Å². The van der Waals surface area contributed by atoms with Gasteiger partial charge in [0.15, 0.2) is 0 Å². The zero-order valence-corrected chi connectivity index (χ0v) is 12.8. The standard InChI is InChI=1S/C19H20FNO/c1-3-14(2)16-7-11-18(12-8-16)21-19(22)13-6-15-4-9-17(20)10-5-15/h4-14H,3H2,1-2H3,(H,21,22)/b13-6-/t14-/m1/s1. The van der Waals surface area contributed by atoms with Crippen LogP contribution in [0.3, 0.4) is 0 Å². The van der Waals surface area contributed by atoms with Gasteiger partial charge in [0, 0.05) is 11.8 Å². The summed E-state index contributed by atoms with van der Waals surface area (Å²) in [5, 5.41) is 2.81. The van der Waals surface area contributed by atoms with Crippen molar-refractivity contribution in [3.8, 4) is 0 Å².